The second kappa shape index (κ2) is 6.56. The average molecular weight is 308 g/mol. The van der Waals surface area contributed by atoms with Crippen molar-refractivity contribution in [2.45, 2.75) is 18.7 Å². The maximum Gasteiger partial charge on any atom is 0.244 e. The van der Waals surface area contributed by atoms with Crippen molar-refractivity contribution in [1.82, 2.24) is 4.72 Å². The summed E-state index contributed by atoms with van der Waals surface area (Å²) in [5, 5.41) is 0.424. The van der Waals surface area contributed by atoms with Crippen molar-refractivity contribution < 1.29 is 17.9 Å². The highest BCUT2D eigenvalue weighted by Crippen LogP contribution is 2.34. The normalized spacial score (nSPS) is 11.6. The van der Waals surface area contributed by atoms with Crippen LogP contribution in [-0.2, 0) is 14.8 Å². The number of hydrogen-bond acceptors (Lipinski definition) is 4. The molecule has 1 aromatic rings. The van der Waals surface area contributed by atoms with Crippen molar-refractivity contribution in [3.05, 3.63) is 22.2 Å². The zero-order chi connectivity index (χ0) is 14.6. The minimum atomic E-state index is -3.68. The van der Waals surface area contributed by atoms with E-state index in [-0.39, 0.29) is 17.2 Å². The maximum atomic E-state index is 12.3. The lowest BCUT2D eigenvalue weighted by Gasteiger charge is -2.15. The summed E-state index contributed by atoms with van der Waals surface area (Å²) in [5.74, 6) is 0.282. The molecule has 0 fully saturated rings. The molecule has 1 rings (SSSR count). The predicted molar refractivity (Wildman–Crippen MR) is 74.5 cm³/mol. The Kier molecular flexibility index (Phi) is 5.61. The lowest BCUT2D eigenvalue weighted by molar-refractivity contribution is 0.204. The number of ether oxygens (including phenoxy) is 2. The van der Waals surface area contributed by atoms with Crippen LogP contribution < -0.4 is 9.46 Å². The Morgan fingerprint density at radius 1 is 1.32 bits per heavy atom. The number of halogens is 1. The number of methoxy groups -OCH3 is 2. The number of benzene rings is 1. The van der Waals surface area contributed by atoms with Gasteiger partial charge in [-0.3, -0.25) is 0 Å². The largest absolute Gasteiger partial charge is 0.495 e. The number of aryl methyl sites for hydroxylation is 1. The Labute approximate surface area is 118 Å². The summed E-state index contributed by atoms with van der Waals surface area (Å²) < 4.78 is 36.9. The molecule has 19 heavy (non-hydrogen) atoms. The summed E-state index contributed by atoms with van der Waals surface area (Å²) in [7, 11) is -0.755. The van der Waals surface area contributed by atoms with Crippen molar-refractivity contribution >= 4 is 21.6 Å². The fraction of sp³-hybridized carbons (Fsp3) is 0.500. The molecule has 0 aliphatic rings. The van der Waals surface area contributed by atoms with Crippen LogP contribution in [0.5, 0.6) is 5.75 Å². The van der Waals surface area contributed by atoms with Gasteiger partial charge in [0.2, 0.25) is 10.0 Å². The van der Waals surface area contributed by atoms with Gasteiger partial charge in [0, 0.05) is 18.7 Å². The molecular formula is C12H18ClNO4S. The first-order valence-electron chi connectivity index (χ1n) is 5.67. The van der Waals surface area contributed by atoms with Crippen LogP contribution in [0, 0.1) is 13.8 Å². The quantitative estimate of drug-likeness (QED) is 0.815. The number of hydrogen-bond donors (Lipinski definition) is 1. The molecular weight excluding hydrogens is 290 g/mol. The zero-order valence-electron chi connectivity index (χ0n) is 11.4. The number of rotatable bonds is 6. The first-order chi connectivity index (χ1) is 8.85. The first-order valence-corrected chi connectivity index (χ1v) is 7.53. The topological polar surface area (TPSA) is 64.6 Å². The Bertz CT molecular complexity index is 557. The van der Waals surface area contributed by atoms with E-state index >= 15 is 0 Å². The monoisotopic (exact) mass is 307 g/mol. The minimum Gasteiger partial charge on any atom is -0.495 e. The van der Waals surface area contributed by atoms with Gasteiger partial charge < -0.3 is 9.47 Å². The van der Waals surface area contributed by atoms with Gasteiger partial charge >= 0.3 is 0 Å². The maximum absolute atomic E-state index is 12.3. The molecule has 0 atom stereocenters. The molecule has 0 heterocycles. The summed E-state index contributed by atoms with van der Waals surface area (Å²) in [4.78, 5) is 0.0710. The predicted octanol–water partition coefficient (Wildman–Crippen LogP) is 1.89. The Morgan fingerprint density at radius 3 is 2.47 bits per heavy atom. The molecule has 0 spiro atoms. The van der Waals surface area contributed by atoms with Crippen LogP contribution >= 0.6 is 11.6 Å². The van der Waals surface area contributed by atoms with Crippen molar-refractivity contribution in [3.63, 3.8) is 0 Å². The molecule has 0 radical (unpaired) electrons. The molecule has 0 unspecified atom stereocenters. The third-order valence-corrected chi connectivity index (χ3v) is 4.88. The molecule has 0 amide bonds. The van der Waals surface area contributed by atoms with Gasteiger partial charge in [-0.15, -0.1) is 0 Å². The van der Waals surface area contributed by atoms with Crippen LogP contribution in [0.15, 0.2) is 11.0 Å². The van der Waals surface area contributed by atoms with Crippen LogP contribution in [0.3, 0.4) is 0 Å². The fourth-order valence-electron chi connectivity index (χ4n) is 1.74. The van der Waals surface area contributed by atoms with Gasteiger partial charge in [0.25, 0.3) is 0 Å². The third-order valence-electron chi connectivity index (χ3n) is 2.67. The third kappa shape index (κ3) is 3.60. The van der Waals surface area contributed by atoms with Crippen LogP contribution in [0.2, 0.25) is 5.02 Å². The Balaban J connectivity index is 3.29. The Morgan fingerprint density at radius 2 is 1.95 bits per heavy atom. The highest BCUT2D eigenvalue weighted by atomic mass is 35.5. The van der Waals surface area contributed by atoms with E-state index in [9.17, 15) is 8.42 Å². The van der Waals surface area contributed by atoms with Crippen LogP contribution in [0.25, 0.3) is 0 Å². The summed E-state index contributed by atoms with van der Waals surface area (Å²) in [6, 6.07) is 1.61. The lowest BCUT2D eigenvalue weighted by atomic mass is 10.1. The summed E-state index contributed by atoms with van der Waals surface area (Å²) in [6.07, 6.45) is 0. The average Bonchev–Trinajstić information content (AvgIpc) is 2.35. The van der Waals surface area contributed by atoms with Gasteiger partial charge in [0.05, 0.1) is 13.7 Å². The van der Waals surface area contributed by atoms with Crippen molar-refractivity contribution in [2.24, 2.45) is 0 Å². The molecule has 0 aromatic heterocycles. The Hall–Kier alpha value is -0.820. The van der Waals surface area contributed by atoms with Gasteiger partial charge in [-0.25, -0.2) is 13.1 Å². The summed E-state index contributed by atoms with van der Waals surface area (Å²) in [6.45, 7) is 3.93. The zero-order valence-corrected chi connectivity index (χ0v) is 13.0. The second-order valence-electron chi connectivity index (χ2n) is 4.05. The SMILES string of the molecule is COCCNS(=O)(=O)c1c(OC)cc(C)c(Cl)c1C. The molecule has 1 aromatic carbocycles. The van der Waals surface area contributed by atoms with E-state index in [4.69, 9.17) is 21.1 Å². The van der Waals surface area contributed by atoms with Gasteiger partial charge in [-0.2, -0.15) is 0 Å². The molecule has 108 valence electrons. The molecule has 1 N–H and O–H groups in total. The summed E-state index contributed by atoms with van der Waals surface area (Å²) >= 11 is 6.11. The van der Waals surface area contributed by atoms with Gasteiger partial charge in [0.1, 0.15) is 10.6 Å². The number of sulfonamides is 1. The van der Waals surface area contributed by atoms with Crippen LogP contribution in [0.4, 0.5) is 0 Å². The van der Waals surface area contributed by atoms with E-state index < -0.39 is 10.0 Å². The van der Waals surface area contributed by atoms with Gasteiger partial charge in [-0.05, 0) is 31.0 Å². The van der Waals surface area contributed by atoms with E-state index in [2.05, 4.69) is 4.72 Å². The molecule has 0 aliphatic heterocycles. The van der Waals surface area contributed by atoms with E-state index in [1.54, 1.807) is 19.9 Å². The molecule has 0 bridgehead atoms. The van der Waals surface area contributed by atoms with E-state index in [1.807, 2.05) is 0 Å². The fourth-order valence-corrected chi connectivity index (χ4v) is 3.36. The van der Waals surface area contributed by atoms with E-state index in [0.717, 1.165) is 5.56 Å². The molecule has 0 saturated heterocycles. The van der Waals surface area contributed by atoms with Gasteiger partial charge in [0.15, 0.2) is 0 Å². The summed E-state index contributed by atoms with van der Waals surface area (Å²) in [5.41, 5.74) is 1.25. The van der Waals surface area contributed by atoms with E-state index in [0.29, 0.717) is 17.2 Å². The molecule has 0 aliphatic carbocycles. The van der Waals surface area contributed by atoms with Crippen LogP contribution in [-0.4, -0.2) is 35.8 Å². The van der Waals surface area contributed by atoms with Gasteiger partial charge in [-0.1, -0.05) is 11.6 Å². The highest BCUT2D eigenvalue weighted by molar-refractivity contribution is 7.89. The second-order valence-corrected chi connectivity index (χ2v) is 6.14. The standard InChI is InChI=1S/C12H18ClNO4S/c1-8-7-10(18-4)12(9(2)11(8)13)19(15,16)14-5-6-17-3/h7,14H,5-6H2,1-4H3. The molecule has 5 nitrogen and oxygen atoms in total. The van der Waals surface area contributed by atoms with Crippen molar-refractivity contribution in [1.29, 1.82) is 0 Å². The molecule has 7 heteroatoms. The van der Waals surface area contributed by atoms with Crippen molar-refractivity contribution in [2.75, 3.05) is 27.4 Å². The van der Waals surface area contributed by atoms with Crippen LogP contribution in [0.1, 0.15) is 11.1 Å². The lowest BCUT2D eigenvalue weighted by Crippen LogP contribution is -2.28. The first kappa shape index (κ1) is 16.2. The molecule has 0 saturated carbocycles. The van der Waals surface area contributed by atoms with Crippen molar-refractivity contribution in [3.8, 4) is 5.75 Å². The minimum absolute atomic E-state index is 0.0710. The van der Waals surface area contributed by atoms with E-state index in [1.165, 1.54) is 14.2 Å². The smallest absolute Gasteiger partial charge is 0.244 e. The number of nitrogens with one attached hydrogen (secondary N) is 1. The highest BCUT2D eigenvalue weighted by Gasteiger charge is 2.24.